The molecule has 0 saturated heterocycles. The maximum absolute atomic E-state index is 2.45. The van der Waals surface area contributed by atoms with Crippen LogP contribution in [0.25, 0.3) is 11.3 Å². The number of pyridine rings is 1. The highest BCUT2D eigenvalue weighted by molar-refractivity contribution is 5.63. The molecule has 1 heteroatoms. The zero-order valence-corrected chi connectivity index (χ0v) is 18.7. The van der Waals surface area contributed by atoms with E-state index < -0.39 is 0 Å². The van der Waals surface area contributed by atoms with Crippen molar-refractivity contribution in [2.45, 2.75) is 85.0 Å². The maximum atomic E-state index is 2.45. The van der Waals surface area contributed by atoms with Gasteiger partial charge in [0.15, 0.2) is 6.20 Å². The van der Waals surface area contributed by atoms with E-state index in [2.05, 4.69) is 90.5 Å². The minimum atomic E-state index is 0.191. The predicted molar refractivity (Wildman–Crippen MR) is 116 cm³/mol. The summed E-state index contributed by atoms with van der Waals surface area (Å²) in [5.41, 5.74) is 8.82. The molecule has 0 bridgehead atoms. The molecule has 0 spiro atoms. The van der Waals surface area contributed by atoms with Crippen LogP contribution in [0.4, 0.5) is 0 Å². The Morgan fingerprint density at radius 3 is 2.07 bits per heavy atom. The number of hydrogen-bond donors (Lipinski definition) is 0. The molecule has 3 rings (SSSR count). The molecule has 2 aromatic rings. The van der Waals surface area contributed by atoms with E-state index in [1.54, 1.807) is 0 Å². The van der Waals surface area contributed by atoms with Crippen molar-refractivity contribution >= 4 is 0 Å². The monoisotopic (exact) mass is 364 g/mol. The lowest BCUT2D eigenvalue weighted by atomic mass is 9.71. The maximum Gasteiger partial charge on any atom is 0.212 e. The highest BCUT2D eigenvalue weighted by Crippen LogP contribution is 2.43. The smallest absolute Gasteiger partial charge is 0.201 e. The van der Waals surface area contributed by atoms with Gasteiger partial charge in [0, 0.05) is 17.2 Å². The molecular formula is C26H38N+. The Bertz CT molecular complexity index is 830. The largest absolute Gasteiger partial charge is 0.212 e. The first-order valence-electron chi connectivity index (χ1n) is 10.6. The summed E-state index contributed by atoms with van der Waals surface area (Å²) in [5.74, 6) is 0.815. The van der Waals surface area contributed by atoms with E-state index in [-0.39, 0.29) is 10.8 Å². The Morgan fingerprint density at radius 2 is 1.52 bits per heavy atom. The van der Waals surface area contributed by atoms with E-state index in [0.29, 0.717) is 0 Å². The van der Waals surface area contributed by atoms with Gasteiger partial charge in [-0.2, -0.15) is 0 Å². The summed E-state index contributed by atoms with van der Waals surface area (Å²) in [6.07, 6.45) is 7.96. The summed E-state index contributed by atoms with van der Waals surface area (Å²) >= 11 is 0. The van der Waals surface area contributed by atoms with Crippen LogP contribution in [0, 0.1) is 19.8 Å². The van der Waals surface area contributed by atoms with E-state index in [1.165, 1.54) is 59.2 Å². The lowest BCUT2D eigenvalue weighted by Crippen LogP contribution is -2.37. The molecule has 0 N–H and O–H groups in total. The lowest BCUT2D eigenvalue weighted by Gasteiger charge is -2.32. The van der Waals surface area contributed by atoms with Crippen LogP contribution in [0.5, 0.6) is 0 Å². The molecule has 0 atom stereocenters. The Kier molecular flexibility index (Phi) is 5.27. The highest BCUT2D eigenvalue weighted by atomic mass is 14.9. The van der Waals surface area contributed by atoms with Crippen molar-refractivity contribution in [1.29, 1.82) is 0 Å². The second-order valence-corrected chi connectivity index (χ2v) is 10.3. The van der Waals surface area contributed by atoms with Crippen molar-refractivity contribution in [2.75, 3.05) is 0 Å². The minimum Gasteiger partial charge on any atom is -0.201 e. The zero-order chi connectivity index (χ0) is 20.0. The second-order valence-electron chi connectivity index (χ2n) is 10.3. The number of rotatable bonds is 3. The molecule has 146 valence electrons. The van der Waals surface area contributed by atoms with Gasteiger partial charge in [-0.3, -0.25) is 0 Å². The van der Waals surface area contributed by atoms with Crippen LogP contribution in [-0.2, 0) is 17.9 Å². The first-order valence-corrected chi connectivity index (χ1v) is 10.6. The summed E-state index contributed by atoms with van der Waals surface area (Å²) in [5, 5.41) is 0. The average molecular weight is 365 g/mol. The van der Waals surface area contributed by atoms with Gasteiger partial charge in [0.2, 0.25) is 5.69 Å². The summed E-state index contributed by atoms with van der Waals surface area (Å²) in [7, 11) is 2.21. The third kappa shape index (κ3) is 3.84. The van der Waals surface area contributed by atoms with Crippen LogP contribution in [-0.4, -0.2) is 0 Å². The Labute approximate surface area is 166 Å². The fourth-order valence-corrected chi connectivity index (χ4v) is 4.98. The minimum absolute atomic E-state index is 0.191. The van der Waals surface area contributed by atoms with Gasteiger partial charge in [-0.1, -0.05) is 59.6 Å². The molecule has 27 heavy (non-hydrogen) atoms. The van der Waals surface area contributed by atoms with Gasteiger partial charge in [-0.05, 0) is 66.2 Å². The Morgan fingerprint density at radius 1 is 0.889 bits per heavy atom. The van der Waals surface area contributed by atoms with Gasteiger partial charge in [0.05, 0.1) is 0 Å². The van der Waals surface area contributed by atoms with E-state index in [9.17, 15) is 0 Å². The van der Waals surface area contributed by atoms with Gasteiger partial charge in [0.25, 0.3) is 0 Å². The molecule has 0 radical (unpaired) electrons. The average Bonchev–Trinajstić information content (AvgIpc) is 3.11. The van der Waals surface area contributed by atoms with Crippen LogP contribution in [0.15, 0.2) is 30.5 Å². The quantitative estimate of drug-likeness (QED) is 0.543. The van der Waals surface area contributed by atoms with Gasteiger partial charge < -0.3 is 0 Å². The van der Waals surface area contributed by atoms with Crippen LogP contribution in [0.3, 0.4) is 0 Å². The summed E-state index contributed by atoms with van der Waals surface area (Å²) in [6, 6.07) is 9.38. The molecule has 1 nitrogen and oxygen atoms in total. The first-order chi connectivity index (χ1) is 12.5. The van der Waals surface area contributed by atoms with Crippen molar-refractivity contribution in [1.82, 2.24) is 0 Å². The van der Waals surface area contributed by atoms with Gasteiger partial charge in [-0.25, -0.2) is 4.57 Å². The fraction of sp³-hybridized carbons (Fsp3) is 0.577. The fourth-order valence-electron chi connectivity index (χ4n) is 4.98. The first kappa shape index (κ1) is 20.1. The van der Waals surface area contributed by atoms with E-state index >= 15 is 0 Å². The summed E-state index contributed by atoms with van der Waals surface area (Å²) in [6.45, 7) is 16.3. The van der Waals surface area contributed by atoms with Crippen molar-refractivity contribution < 1.29 is 4.57 Å². The summed E-state index contributed by atoms with van der Waals surface area (Å²) < 4.78 is 2.35. The van der Waals surface area contributed by atoms with Gasteiger partial charge in [-0.15, -0.1) is 0 Å². The molecular weight excluding hydrogens is 326 g/mol. The predicted octanol–water partition coefficient (Wildman–Crippen LogP) is 6.56. The normalized spacial score (nSPS) is 16.1. The van der Waals surface area contributed by atoms with Gasteiger partial charge in [0.1, 0.15) is 7.05 Å². The van der Waals surface area contributed by atoms with E-state index in [1.807, 2.05) is 0 Å². The Hall–Kier alpha value is -1.63. The van der Waals surface area contributed by atoms with E-state index in [0.717, 1.165) is 5.92 Å². The molecule has 1 aromatic heterocycles. The lowest BCUT2D eigenvalue weighted by molar-refractivity contribution is -0.661. The number of aromatic nitrogens is 1. The molecule has 0 unspecified atom stereocenters. The molecule has 0 aliphatic heterocycles. The van der Waals surface area contributed by atoms with Gasteiger partial charge >= 0.3 is 0 Å². The topological polar surface area (TPSA) is 3.88 Å². The molecule has 1 aromatic carbocycles. The van der Waals surface area contributed by atoms with Crippen LogP contribution in [0.2, 0.25) is 0 Å². The van der Waals surface area contributed by atoms with Crippen molar-refractivity contribution in [2.24, 2.45) is 13.0 Å². The number of nitrogens with zero attached hydrogens (tertiary/aromatic N) is 1. The molecule has 1 aliphatic carbocycles. The number of hydrogen-bond acceptors (Lipinski definition) is 0. The van der Waals surface area contributed by atoms with Crippen molar-refractivity contribution in [3.63, 3.8) is 0 Å². The van der Waals surface area contributed by atoms with E-state index in [4.69, 9.17) is 0 Å². The zero-order valence-electron chi connectivity index (χ0n) is 18.7. The Balaban J connectivity index is 2.03. The molecule has 1 heterocycles. The standard InChI is InChI=1S/C26H38N/c1-18-15-21(25(3,4)5)13-14-22(18)24-16-19(2)23(17-27(24)8)26(6,7)20-11-9-10-12-20/h13-17,20H,9-12H2,1-8H3/q+1. The number of benzene rings is 1. The second kappa shape index (κ2) is 7.08. The SMILES string of the molecule is Cc1cc(C(C)(C)C)ccc1-c1cc(C)c(C(C)(C)C2CCCC2)c[n+]1C. The third-order valence-electron chi connectivity index (χ3n) is 6.92. The third-order valence-corrected chi connectivity index (χ3v) is 6.92. The van der Waals surface area contributed by atoms with Crippen LogP contribution in [0.1, 0.15) is 82.6 Å². The molecule has 0 amide bonds. The van der Waals surface area contributed by atoms with Crippen LogP contribution >= 0.6 is 0 Å². The number of aryl methyl sites for hydroxylation is 3. The molecule has 1 aliphatic rings. The van der Waals surface area contributed by atoms with Crippen LogP contribution < -0.4 is 4.57 Å². The highest BCUT2D eigenvalue weighted by Gasteiger charge is 2.36. The molecule has 1 fully saturated rings. The van der Waals surface area contributed by atoms with Crippen molar-refractivity contribution in [3.8, 4) is 11.3 Å². The summed E-state index contributed by atoms with van der Waals surface area (Å²) in [4.78, 5) is 0. The van der Waals surface area contributed by atoms with Crippen molar-refractivity contribution in [3.05, 3.63) is 52.7 Å². The molecule has 1 saturated carbocycles.